The molecule has 1 heterocycles. The number of aryl methyl sites for hydroxylation is 1. The maximum absolute atomic E-state index is 10.9. The van der Waals surface area contributed by atoms with E-state index in [4.69, 9.17) is 0 Å². The van der Waals surface area contributed by atoms with E-state index in [0.717, 1.165) is 6.42 Å². The Morgan fingerprint density at radius 2 is 1.95 bits per heavy atom. The molecule has 0 amide bonds. The molecule has 0 bridgehead atoms. The van der Waals surface area contributed by atoms with Crippen LogP contribution in [-0.2, 0) is 6.54 Å². The van der Waals surface area contributed by atoms with E-state index in [2.05, 4.69) is 10.4 Å². The third-order valence-corrected chi connectivity index (χ3v) is 3.29. The van der Waals surface area contributed by atoms with Crippen molar-refractivity contribution in [1.29, 1.82) is 0 Å². The fraction of sp³-hybridized carbons (Fsp3) is 0.769. The molecule has 0 fully saturated rings. The summed E-state index contributed by atoms with van der Waals surface area (Å²) in [6.45, 7) is 6.08. The molecule has 0 saturated carbocycles. The quantitative estimate of drug-likeness (QED) is 0.452. The first-order chi connectivity index (χ1) is 9.86. The molecule has 0 saturated heterocycles. The van der Waals surface area contributed by atoms with Crippen LogP contribution in [0.4, 0.5) is 5.69 Å². The molecular formula is C13H24N4O4. The van der Waals surface area contributed by atoms with Crippen LogP contribution in [0, 0.1) is 24.0 Å². The topological polar surface area (TPSA) is 113 Å². The lowest BCUT2D eigenvalue weighted by Crippen LogP contribution is -2.35. The molecule has 0 radical (unpaired) electrons. The second-order valence-electron chi connectivity index (χ2n) is 5.21. The fourth-order valence-corrected chi connectivity index (χ4v) is 2.25. The van der Waals surface area contributed by atoms with Crippen molar-refractivity contribution in [2.45, 2.75) is 52.4 Å². The SMILES string of the molecule is CCCC(O)CNCC(O)Cn1nc(C)c([N+](=O)[O-])c1C. The monoisotopic (exact) mass is 300 g/mol. The number of nitrogens with one attached hydrogen (secondary N) is 1. The van der Waals surface area contributed by atoms with Gasteiger partial charge in [0.25, 0.3) is 0 Å². The lowest BCUT2D eigenvalue weighted by atomic mass is 10.2. The molecule has 0 aliphatic carbocycles. The van der Waals surface area contributed by atoms with Crippen molar-refractivity contribution in [3.05, 3.63) is 21.5 Å². The molecule has 0 aliphatic rings. The summed E-state index contributed by atoms with van der Waals surface area (Å²) in [5.74, 6) is 0. The van der Waals surface area contributed by atoms with Gasteiger partial charge in [0, 0.05) is 13.1 Å². The average molecular weight is 300 g/mol. The highest BCUT2D eigenvalue weighted by molar-refractivity contribution is 5.39. The van der Waals surface area contributed by atoms with Gasteiger partial charge in [-0.05, 0) is 20.3 Å². The molecule has 8 heteroatoms. The zero-order valence-electron chi connectivity index (χ0n) is 12.7. The van der Waals surface area contributed by atoms with E-state index >= 15 is 0 Å². The normalized spacial score (nSPS) is 14.1. The van der Waals surface area contributed by atoms with E-state index in [1.54, 1.807) is 13.8 Å². The molecule has 0 aliphatic heterocycles. The van der Waals surface area contributed by atoms with Crippen LogP contribution in [0.5, 0.6) is 0 Å². The van der Waals surface area contributed by atoms with Crippen LogP contribution in [0.2, 0.25) is 0 Å². The van der Waals surface area contributed by atoms with Gasteiger partial charge in [-0.1, -0.05) is 13.3 Å². The Morgan fingerprint density at radius 1 is 1.33 bits per heavy atom. The van der Waals surface area contributed by atoms with Crippen LogP contribution in [-0.4, -0.2) is 50.2 Å². The van der Waals surface area contributed by atoms with E-state index in [-0.39, 0.29) is 12.2 Å². The van der Waals surface area contributed by atoms with E-state index in [0.29, 0.717) is 30.9 Å². The number of hydrogen-bond acceptors (Lipinski definition) is 6. The summed E-state index contributed by atoms with van der Waals surface area (Å²) in [5, 5.41) is 37.5. The molecule has 2 unspecified atom stereocenters. The van der Waals surface area contributed by atoms with Crippen molar-refractivity contribution in [2.24, 2.45) is 0 Å². The summed E-state index contributed by atoms with van der Waals surface area (Å²) in [6, 6.07) is 0. The van der Waals surface area contributed by atoms with Gasteiger partial charge in [-0.15, -0.1) is 0 Å². The predicted molar refractivity (Wildman–Crippen MR) is 78.1 cm³/mol. The predicted octanol–water partition coefficient (Wildman–Crippen LogP) is 0.520. The van der Waals surface area contributed by atoms with Crippen LogP contribution in [0.1, 0.15) is 31.2 Å². The molecule has 2 atom stereocenters. The summed E-state index contributed by atoms with van der Waals surface area (Å²) in [5.41, 5.74) is 0.770. The highest BCUT2D eigenvalue weighted by atomic mass is 16.6. The zero-order chi connectivity index (χ0) is 16.0. The summed E-state index contributed by atoms with van der Waals surface area (Å²) in [7, 11) is 0. The molecule has 120 valence electrons. The Labute approximate surface area is 123 Å². The van der Waals surface area contributed by atoms with Crippen molar-refractivity contribution >= 4 is 5.69 Å². The second-order valence-corrected chi connectivity index (χ2v) is 5.21. The molecule has 21 heavy (non-hydrogen) atoms. The zero-order valence-corrected chi connectivity index (χ0v) is 12.7. The largest absolute Gasteiger partial charge is 0.392 e. The fourth-order valence-electron chi connectivity index (χ4n) is 2.25. The Kier molecular flexibility index (Phi) is 6.73. The van der Waals surface area contributed by atoms with Crippen molar-refractivity contribution in [3.63, 3.8) is 0 Å². The van der Waals surface area contributed by atoms with Gasteiger partial charge in [0.05, 0.1) is 23.7 Å². The maximum Gasteiger partial charge on any atom is 0.312 e. The molecule has 1 aromatic heterocycles. The summed E-state index contributed by atoms with van der Waals surface area (Å²) >= 11 is 0. The third kappa shape index (κ3) is 5.07. The summed E-state index contributed by atoms with van der Waals surface area (Å²) in [6.07, 6.45) is 0.474. The molecule has 1 aromatic rings. The molecule has 1 rings (SSSR count). The number of nitrogens with zero attached hydrogens (tertiary/aromatic N) is 3. The van der Waals surface area contributed by atoms with Crippen LogP contribution >= 0.6 is 0 Å². The number of aliphatic hydroxyl groups is 2. The minimum Gasteiger partial charge on any atom is -0.392 e. The first-order valence-corrected chi connectivity index (χ1v) is 7.12. The Bertz CT molecular complexity index is 475. The highest BCUT2D eigenvalue weighted by Crippen LogP contribution is 2.21. The first-order valence-electron chi connectivity index (χ1n) is 7.12. The standard InChI is InChI=1S/C13H24N4O4/c1-4-5-11(18)6-14-7-12(19)8-16-10(3)13(17(20)21)9(2)15-16/h11-12,14,18-19H,4-8H2,1-3H3. The third-order valence-electron chi connectivity index (χ3n) is 3.29. The van der Waals surface area contributed by atoms with Crippen LogP contribution in [0.15, 0.2) is 0 Å². The molecule has 0 aromatic carbocycles. The number of aliphatic hydroxyl groups excluding tert-OH is 2. The summed E-state index contributed by atoms with van der Waals surface area (Å²) in [4.78, 5) is 10.4. The van der Waals surface area contributed by atoms with Crippen LogP contribution in [0.25, 0.3) is 0 Å². The smallest absolute Gasteiger partial charge is 0.312 e. The number of aromatic nitrogens is 2. The number of nitro groups is 1. The van der Waals surface area contributed by atoms with Gasteiger partial charge < -0.3 is 15.5 Å². The minimum atomic E-state index is -0.726. The van der Waals surface area contributed by atoms with Gasteiger partial charge in [0.2, 0.25) is 0 Å². The number of rotatable bonds is 9. The average Bonchev–Trinajstić information content (AvgIpc) is 2.64. The van der Waals surface area contributed by atoms with Crippen LogP contribution < -0.4 is 5.32 Å². The van der Waals surface area contributed by atoms with Gasteiger partial charge >= 0.3 is 5.69 Å². The molecule has 0 spiro atoms. The van der Waals surface area contributed by atoms with E-state index in [9.17, 15) is 20.3 Å². The van der Waals surface area contributed by atoms with Crippen molar-refractivity contribution < 1.29 is 15.1 Å². The Balaban J connectivity index is 2.50. The number of hydrogen-bond donors (Lipinski definition) is 3. The van der Waals surface area contributed by atoms with E-state index in [1.165, 1.54) is 4.68 Å². The lowest BCUT2D eigenvalue weighted by molar-refractivity contribution is -0.386. The van der Waals surface area contributed by atoms with Gasteiger partial charge in [0.15, 0.2) is 0 Å². The lowest BCUT2D eigenvalue weighted by Gasteiger charge is -2.15. The highest BCUT2D eigenvalue weighted by Gasteiger charge is 2.22. The van der Waals surface area contributed by atoms with Crippen molar-refractivity contribution in [3.8, 4) is 0 Å². The summed E-state index contributed by atoms with van der Waals surface area (Å²) < 4.78 is 1.45. The minimum absolute atomic E-state index is 0.00599. The second kappa shape index (κ2) is 8.06. The van der Waals surface area contributed by atoms with Gasteiger partial charge in [-0.3, -0.25) is 14.8 Å². The van der Waals surface area contributed by atoms with Gasteiger partial charge in [-0.25, -0.2) is 0 Å². The first kappa shape index (κ1) is 17.5. The maximum atomic E-state index is 10.9. The van der Waals surface area contributed by atoms with E-state index in [1.807, 2.05) is 6.92 Å². The van der Waals surface area contributed by atoms with Crippen molar-refractivity contribution in [1.82, 2.24) is 15.1 Å². The van der Waals surface area contributed by atoms with E-state index < -0.39 is 17.1 Å². The van der Waals surface area contributed by atoms with Crippen LogP contribution in [0.3, 0.4) is 0 Å². The Morgan fingerprint density at radius 3 is 2.48 bits per heavy atom. The van der Waals surface area contributed by atoms with Gasteiger partial charge in [0.1, 0.15) is 11.4 Å². The van der Waals surface area contributed by atoms with Gasteiger partial charge in [-0.2, -0.15) is 5.10 Å². The molecule has 3 N–H and O–H groups in total. The molecule has 8 nitrogen and oxygen atoms in total. The van der Waals surface area contributed by atoms with Crippen molar-refractivity contribution in [2.75, 3.05) is 13.1 Å². The molecular weight excluding hydrogens is 276 g/mol. The Hall–Kier alpha value is -1.51.